The van der Waals surface area contributed by atoms with E-state index >= 15 is 0 Å². The zero-order valence-electron chi connectivity index (χ0n) is 54.0. The molecule has 0 saturated heterocycles. The quantitative estimate of drug-likeness (QED) is 0.0189. The third kappa shape index (κ3) is 28.4. The number of amides is 10. The summed E-state index contributed by atoms with van der Waals surface area (Å²) in [5, 5.41) is 43.4. The van der Waals surface area contributed by atoms with E-state index in [1.165, 1.54) is 0 Å². The summed E-state index contributed by atoms with van der Waals surface area (Å²) >= 11 is 0. The molecule has 0 spiro atoms. The molecule has 3 rings (SSSR count). The second kappa shape index (κ2) is 41.2. The Kier molecular flexibility index (Phi) is 34.5. The lowest BCUT2D eigenvalue weighted by atomic mass is 9.94. The van der Waals surface area contributed by atoms with Crippen LogP contribution in [0.2, 0.25) is 0 Å². The molecule has 93 heavy (non-hydrogen) atoms. The monoisotopic (exact) mass is 1300 g/mol. The van der Waals surface area contributed by atoms with E-state index in [9.17, 15) is 67.7 Å². The fraction of sp³-hybridized carbons (Fsp3) is 0.523. The fourth-order valence-corrected chi connectivity index (χ4v) is 9.80. The maximum atomic E-state index is 14.5. The molecule has 0 aromatic heterocycles. The van der Waals surface area contributed by atoms with Crippen molar-refractivity contribution in [2.24, 2.45) is 45.7 Å². The molecule has 0 aliphatic heterocycles. The molecule has 19 N–H and O–H groups in total. The van der Waals surface area contributed by atoms with Gasteiger partial charge in [-0.05, 0) is 86.9 Å². The van der Waals surface area contributed by atoms with Gasteiger partial charge in [0.05, 0.1) is 19.1 Å². The average molecular weight is 1300 g/mol. The van der Waals surface area contributed by atoms with Crippen molar-refractivity contribution >= 4 is 76.8 Å². The van der Waals surface area contributed by atoms with Gasteiger partial charge in [-0.3, -0.25) is 62.5 Å². The highest BCUT2D eigenvalue weighted by Gasteiger charge is 2.38. The van der Waals surface area contributed by atoms with Crippen molar-refractivity contribution in [1.82, 2.24) is 47.9 Å². The molecule has 0 radical (unpaired) electrons. The minimum atomic E-state index is -1.74. The van der Waals surface area contributed by atoms with E-state index < -0.39 is 162 Å². The van der Waals surface area contributed by atoms with Crippen LogP contribution in [0.3, 0.4) is 0 Å². The summed E-state index contributed by atoms with van der Waals surface area (Å²) in [5.41, 5.74) is 24.7. The molecule has 3 aromatic rings. The van der Waals surface area contributed by atoms with Crippen LogP contribution in [0.15, 0.2) is 96.0 Å². The van der Waals surface area contributed by atoms with Crippen LogP contribution in [0.5, 0.6) is 0 Å². The third-order valence-corrected chi connectivity index (χ3v) is 15.7. The number of ketones is 1. The number of hydrogen-bond acceptors (Lipinski definition) is 15. The van der Waals surface area contributed by atoms with Gasteiger partial charge >= 0.3 is 5.97 Å². The Balaban J connectivity index is 1.89. The zero-order chi connectivity index (χ0) is 69.2. The first-order valence-corrected chi connectivity index (χ1v) is 31.4. The topological polar surface area (TPSA) is 470 Å². The van der Waals surface area contributed by atoms with E-state index in [0.717, 1.165) is 12.5 Å². The lowest BCUT2D eigenvalue weighted by Crippen LogP contribution is -2.62. The molecule has 12 atom stereocenters. The number of hydrogen-bond donors (Lipinski definition) is 15. The SMILES string of the molecule is CC[C@H](C)[C@H](NC(=O)[C@H](CO)NC(=O)[C@H](CCCCN)NC(=O)[C@H](CCCN=C(N)N)NC(=O)C(Cc1ccccc1)NC(=O)C(C)Cc1ccccc1)C(=O)N[C@H](C(=O)N[C@@H](CC(N)=O)C(=O)N[C@@H](Cc1ccccc1)C(=O)N[C@@H](CCC(=O)O)C(C)=O)[C@@H](C)CC. The molecule has 0 saturated carbocycles. The molecule has 0 bridgehead atoms. The predicted molar refractivity (Wildman–Crippen MR) is 347 cm³/mol. The van der Waals surface area contributed by atoms with Gasteiger partial charge in [-0.1, -0.05) is 138 Å². The van der Waals surface area contributed by atoms with Gasteiger partial charge in [-0.2, -0.15) is 0 Å². The number of primary amides is 1. The van der Waals surface area contributed by atoms with Crippen molar-refractivity contribution in [3.63, 3.8) is 0 Å². The van der Waals surface area contributed by atoms with Gasteiger partial charge in [0, 0.05) is 31.7 Å². The van der Waals surface area contributed by atoms with E-state index in [1.807, 2.05) is 30.3 Å². The van der Waals surface area contributed by atoms with Crippen LogP contribution in [0, 0.1) is 17.8 Å². The number of guanidine groups is 1. The van der Waals surface area contributed by atoms with E-state index in [-0.39, 0.29) is 70.4 Å². The minimum Gasteiger partial charge on any atom is -0.481 e. The Morgan fingerprint density at radius 2 is 0.828 bits per heavy atom. The van der Waals surface area contributed by atoms with Crippen molar-refractivity contribution < 1.29 is 67.7 Å². The van der Waals surface area contributed by atoms with Crippen LogP contribution in [0.4, 0.5) is 0 Å². The highest BCUT2D eigenvalue weighted by atomic mass is 16.4. The molecule has 510 valence electrons. The highest BCUT2D eigenvalue weighted by molar-refractivity contribution is 6.00. The average Bonchev–Trinajstić information content (AvgIpc) is 1.46. The second-order valence-corrected chi connectivity index (χ2v) is 23.3. The standard InChI is InChI=1S/C65H96N14O14/c1-7-38(3)54(63(92)76-50(36-52(67)82)61(90)75-49(35-44-25-16-11-17-26-44)59(88)71-45(41(6)81)29-30-53(83)84)79-64(93)55(39(4)8-2)78-62(91)51(37-80)77-58(87)46(27-18-19-31-66)72-57(86)47(28-20-32-70-65(68)69)73-60(89)48(34-43-23-14-10-15-24-43)74-56(85)40(5)33-42-21-12-9-13-22-42/h9-17,21-26,38-40,45-51,54-55,80H,7-8,18-20,27-37,66H2,1-6H3,(H2,67,82)(H,71,88)(H,72,86)(H,73,89)(H,74,85)(H,75,90)(H,76,92)(H,77,87)(H,78,91)(H,79,93)(H,83,84)(H4,68,69,70)/t38-,39-,40?,45-,46-,47-,48?,49-,50-,51-,54-,55-/m0/s1. The third-order valence-electron chi connectivity index (χ3n) is 15.7. The van der Waals surface area contributed by atoms with Gasteiger partial charge in [0.25, 0.3) is 0 Å². The summed E-state index contributed by atoms with van der Waals surface area (Å²) in [4.78, 5) is 168. The van der Waals surface area contributed by atoms with Gasteiger partial charge in [0.15, 0.2) is 11.7 Å². The molecule has 2 unspecified atom stereocenters. The summed E-state index contributed by atoms with van der Waals surface area (Å²) in [6.07, 6.45) is 0.106. The molecule has 3 aromatic carbocycles. The maximum Gasteiger partial charge on any atom is 0.303 e. The smallest absolute Gasteiger partial charge is 0.303 e. The first-order chi connectivity index (χ1) is 44.2. The van der Waals surface area contributed by atoms with Crippen molar-refractivity contribution in [3.05, 3.63) is 108 Å². The van der Waals surface area contributed by atoms with Crippen molar-refractivity contribution in [2.75, 3.05) is 19.7 Å². The summed E-state index contributed by atoms with van der Waals surface area (Å²) in [7, 11) is 0. The molecule has 0 aliphatic carbocycles. The number of carboxylic acid groups (broad SMARTS) is 1. The number of benzene rings is 3. The Hall–Kier alpha value is -9.31. The van der Waals surface area contributed by atoms with Crippen LogP contribution in [-0.4, -0.2) is 161 Å². The molecular formula is C65H96N14O14. The molecule has 0 aliphatic rings. The molecule has 28 nitrogen and oxygen atoms in total. The van der Waals surface area contributed by atoms with E-state index in [4.69, 9.17) is 22.9 Å². The number of carbonyl (C=O) groups is 12. The number of nitrogens with zero attached hydrogens (tertiary/aromatic N) is 1. The van der Waals surface area contributed by atoms with E-state index in [0.29, 0.717) is 30.4 Å². The number of aliphatic imine (C=N–C) groups is 1. The van der Waals surface area contributed by atoms with Crippen molar-refractivity contribution in [3.8, 4) is 0 Å². The van der Waals surface area contributed by atoms with Crippen molar-refractivity contribution in [2.45, 2.75) is 179 Å². The number of aliphatic hydroxyl groups is 1. The summed E-state index contributed by atoms with van der Waals surface area (Å²) in [6.45, 7) is 8.82. The molecule has 28 heteroatoms. The number of aliphatic carboxylic acids is 1. The lowest BCUT2D eigenvalue weighted by Gasteiger charge is -2.31. The predicted octanol–water partition coefficient (Wildman–Crippen LogP) is -0.690. The number of nitrogens with one attached hydrogen (secondary N) is 9. The van der Waals surface area contributed by atoms with Gasteiger partial charge in [0.2, 0.25) is 59.1 Å². The number of rotatable bonds is 43. The summed E-state index contributed by atoms with van der Waals surface area (Å²) < 4.78 is 0. The molecule has 0 heterocycles. The van der Waals surface area contributed by atoms with Gasteiger partial charge in [0.1, 0.15) is 48.3 Å². The zero-order valence-corrected chi connectivity index (χ0v) is 54.0. The number of nitrogens with two attached hydrogens (primary N) is 4. The second-order valence-electron chi connectivity index (χ2n) is 23.3. The molecular weight excluding hydrogens is 1200 g/mol. The lowest BCUT2D eigenvalue weighted by molar-refractivity contribution is -0.138. The normalized spacial score (nSPS) is 14.9. The summed E-state index contributed by atoms with van der Waals surface area (Å²) in [5.74, 6) is -12.6. The van der Waals surface area contributed by atoms with Crippen LogP contribution < -0.4 is 70.8 Å². The largest absolute Gasteiger partial charge is 0.481 e. The number of aliphatic hydroxyl groups excluding tert-OH is 1. The first-order valence-electron chi connectivity index (χ1n) is 31.4. The highest BCUT2D eigenvalue weighted by Crippen LogP contribution is 2.16. The number of Topliss-reactive ketones (excluding diaryl/α,β-unsaturated/α-hetero) is 1. The van der Waals surface area contributed by atoms with Crippen LogP contribution in [0.25, 0.3) is 0 Å². The fourth-order valence-electron chi connectivity index (χ4n) is 9.80. The number of carbonyl (C=O) groups excluding carboxylic acids is 11. The molecule has 10 amide bonds. The van der Waals surface area contributed by atoms with Gasteiger partial charge in [-0.15, -0.1) is 0 Å². The Morgan fingerprint density at radius 1 is 0.452 bits per heavy atom. The minimum absolute atomic E-state index is 0.0323. The Morgan fingerprint density at radius 3 is 1.26 bits per heavy atom. The summed E-state index contributed by atoms with van der Waals surface area (Å²) in [6, 6.07) is 13.7. The van der Waals surface area contributed by atoms with Gasteiger partial charge < -0.3 is 81.0 Å². The number of unbranched alkanes of at least 4 members (excludes halogenated alkanes) is 1. The number of carboxylic acids is 1. The molecule has 0 fully saturated rings. The van der Waals surface area contributed by atoms with Crippen LogP contribution >= 0.6 is 0 Å². The van der Waals surface area contributed by atoms with Crippen molar-refractivity contribution in [1.29, 1.82) is 0 Å². The van der Waals surface area contributed by atoms with Gasteiger partial charge in [-0.25, -0.2) is 0 Å². The van der Waals surface area contributed by atoms with E-state index in [1.54, 1.807) is 95.3 Å². The Bertz CT molecular complexity index is 2970. The first kappa shape index (κ1) is 77.9. The maximum absolute atomic E-state index is 14.5. The van der Waals surface area contributed by atoms with E-state index in [2.05, 4.69) is 52.8 Å². The van der Waals surface area contributed by atoms with Crippen LogP contribution in [0.1, 0.15) is 122 Å². The Labute approximate surface area is 542 Å². The van der Waals surface area contributed by atoms with Crippen LogP contribution in [-0.2, 0) is 76.8 Å².